The zero-order chi connectivity index (χ0) is 15.7. The third kappa shape index (κ3) is 8.04. The van der Waals surface area contributed by atoms with E-state index in [1.165, 1.54) is 0 Å². The molecule has 120 valence electrons. The molecule has 0 saturated carbocycles. The van der Waals surface area contributed by atoms with Gasteiger partial charge in [0, 0.05) is 38.4 Å². The Kier molecular flexibility index (Phi) is 7.71. The predicted octanol–water partition coefficient (Wildman–Crippen LogP) is 1.43. The minimum Gasteiger partial charge on any atom is -0.375 e. The van der Waals surface area contributed by atoms with Gasteiger partial charge in [-0.05, 0) is 18.6 Å². The number of benzene rings is 1. The van der Waals surface area contributed by atoms with Crippen LogP contribution in [-0.4, -0.2) is 46.9 Å². The molecule has 6 heteroatoms. The molecule has 1 aromatic carbocycles. The van der Waals surface area contributed by atoms with Gasteiger partial charge in [-0.25, -0.2) is 13.1 Å². The number of nitrogens with zero attached hydrogens (tertiary/aromatic N) is 1. The van der Waals surface area contributed by atoms with Crippen LogP contribution in [0.15, 0.2) is 30.3 Å². The van der Waals surface area contributed by atoms with Gasteiger partial charge < -0.3 is 10.2 Å². The molecule has 0 heterocycles. The molecule has 21 heavy (non-hydrogen) atoms. The first kappa shape index (κ1) is 17.9. The highest BCUT2D eigenvalue weighted by molar-refractivity contribution is 7.89. The molecule has 0 aromatic heterocycles. The van der Waals surface area contributed by atoms with Gasteiger partial charge in [-0.15, -0.1) is 0 Å². The van der Waals surface area contributed by atoms with Crippen LogP contribution in [0.5, 0.6) is 0 Å². The van der Waals surface area contributed by atoms with E-state index < -0.39 is 10.0 Å². The average molecular weight is 313 g/mol. The molecule has 0 aliphatic carbocycles. The molecule has 0 amide bonds. The van der Waals surface area contributed by atoms with Crippen LogP contribution in [0.3, 0.4) is 0 Å². The van der Waals surface area contributed by atoms with Crippen LogP contribution >= 0.6 is 0 Å². The maximum Gasteiger partial charge on any atom is 0.212 e. The van der Waals surface area contributed by atoms with Gasteiger partial charge in [0.2, 0.25) is 10.0 Å². The van der Waals surface area contributed by atoms with E-state index >= 15 is 0 Å². The summed E-state index contributed by atoms with van der Waals surface area (Å²) in [5.74, 6) is 0.125. The lowest BCUT2D eigenvalue weighted by Gasteiger charge is -2.19. The van der Waals surface area contributed by atoms with E-state index in [1.807, 2.05) is 51.2 Å². The van der Waals surface area contributed by atoms with Gasteiger partial charge in [0.15, 0.2) is 0 Å². The smallest absolute Gasteiger partial charge is 0.212 e. The summed E-state index contributed by atoms with van der Waals surface area (Å²) in [4.78, 5) is 2.12. The Morgan fingerprint density at radius 2 is 1.81 bits per heavy atom. The summed E-state index contributed by atoms with van der Waals surface area (Å²) in [5, 5.41) is 3.10. The molecule has 5 nitrogen and oxygen atoms in total. The fourth-order valence-electron chi connectivity index (χ4n) is 1.91. The molecule has 0 aliphatic rings. The highest BCUT2D eigenvalue weighted by Crippen LogP contribution is 2.10. The molecular formula is C15H27N3O2S. The first-order valence-corrected chi connectivity index (χ1v) is 9.03. The maximum absolute atomic E-state index is 11.8. The van der Waals surface area contributed by atoms with Gasteiger partial charge in [0.25, 0.3) is 0 Å². The van der Waals surface area contributed by atoms with E-state index in [0.29, 0.717) is 19.1 Å². The van der Waals surface area contributed by atoms with E-state index in [1.54, 1.807) is 0 Å². The van der Waals surface area contributed by atoms with Crippen LogP contribution in [0.2, 0.25) is 0 Å². The number of rotatable bonds is 10. The van der Waals surface area contributed by atoms with Crippen molar-refractivity contribution in [3.8, 4) is 0 Å². The summed E-state index contributed by atoms with van der Waals surface area (Å²) < 4.78 is 26.2. The number of anilines is 1. The van der Waals surface area contributed by atoms with E-state index in [2.05, 4.69) is 14.9 Å². The summed E-state index contributed by atoms with van der Waals surface area (Å²) in [6.45, 7) is 5.77. The topological polar surface area (TPSA) is 61.4 Å². The second kappa shape index (κ2) is 9.02. The predicted molar refractivity (Wildman–Crippen MR) is 89.3 cm³/mol. The van der Waals surface area contributed by atoms with Crippen molar-refractivity contribution >= 4 is 15.7 Å². The molecule has 0 aliphatic heterocycles. The molecule has 2 N–H and O–H groups in total. The van der Waals surface area contributed by atoms with Crippen LogP contribution in [0, 0.1) is 0 Å². The van der Waals surface area contributed by atoms with Crippen molar-refractivity contribution < 1.29 is 8.42 Å². The zero-order valence-electron chi connectivity index (χ0n) is 13.2. The summed E-state index contributed by atoms with van der Waals surface area (Å²) in [6.07, 6.45) is 0.780. The van der Waals surface area contributed by atoms with Gasteiger partial charge in [0.05, 0.1) is 5.75 Å². The van der Waals surface area contributed by atoms with E-state index in [4.69, 9.17) is 0 Å². The van der Waals surface area contributed by atoms with Crippen molar-refractivity contribution in [2.75, 3.05) is 37.3 Å². The van der Waals surface area contributed by atoms with Crippen molar-refractivity contribution in [1.82, 2.24) is 10.0 Å². The van der Waals surface area contributed by atoms with Crippen LogP contribution in [-0.2, 0) is 10.0 Å². The van der Waals surface area contributed by atoms with Crippen molar-refractivity contribution in [2.45, 2.75) is 26.3 Å². The van der Waals surface area contributed by atoms with Crippen molar-refractivity contribution in [1.29, 1.82) is 0 Å². The van der Waals surface area contributed by atoms with Crippen molar-refractivity contribution in [3.63, 3.8) is 0 Å². The van der Waals surface area contributed by atoms with Crippen LogP contribution < -0.4 is 14.9 Å². The highest BCUT2D eigenvalue weighted by Gasteiger charge is 2.09. The number of hydrogen-bond acceptors (Lipinski definition) is 4. The minimum atomic E-state index is -3.17. The SMILES string of the molecule is CC(C)NCCS(=O)(=O)NCCCN(C)c1ccccc1. The number of sulfonamides is 1. The standard InChI is InChI=1S/C15H27N3O2S/c1-14(2)16-11-13-21(19,20)17-10-7-12-18(3)15-8-5-4-6-9-15/h4-6,8-9,14,16-17H,7,10-13H2,1-3H3. The second-order valence-corrected chi connectivity index (χ2v) is 7.36. The number of para-hydroxylation sites is 1. The Bertz CT molecular complexity index is 489. The third-order valence-electron chi connectivity index (χ3n) is 3.11. The van der Waals surface area contributed by atoms with Gasteiger partial charge >= 0.3 is 0 Å². The summed E-state index contributed by atoms with van der Waals surface area (Å²) in [5.41, 5.74) is 1.14. The molecule has 0 unspecified atom stereocenters. The lowest BCUT2D eigenvalue weighted by molar-refractivity contribution is 0.565. The summed E-state index contributed by atoms with van der Waals surface area (Å²) >= 11 is 0. The van der Waals surface area contributed by atoms with Crippen molar-refractivity contribution in [3.05, 3.63) is 30.3 Å². The van der Waals surface area contributed by atoms with Crippen LogP contribution in [0.25, 0.3) is 0 Å². The largest absolute Gasteiger partial charge is 0.375 e. The molecule has 0 spiro atoms. The molecule has 0 saturated heterocycles. The number of nitrogens with one attached hydrogen (secondary N) is 2. The Hall–Kier alpha value is -1.11. The molecule has 0 fully saturated rings. The normalized spacial score (nSPS) is 11.8. The van der Waals surface area contributed by atoms with Gasteiger partial charge in [-0.3, -0.25) is 0 Å². The quantitative estimate of drug-likeness (QED) is 0.642. The number of hydrogen-bond donors (Lipinski definition) is 2. The van der Waals surface area contributed by atoms with Gasteiger partial charge in [-0.1, -0.05) is 32.0 Å². The monoisotopic (exact) mass is 313 g/mol. The third-order valence-corrected chi connectivity index (χ3v) is 4.50. The highest BCUT2D eigenvalue weighted by atomic mass is 32.2. The summed E-state index contributed by atoms with van der Waals surface area (Å²) in [6, 6.07) is 10.4. The van der Waals surface area contributed by atoms with E-state index in [0.717, 1.165) is 18.7 Å². The molecule has 0 radical (unpaired) electrons. The minimum absolute atomic E-state index is 0.125. The molecular weight excluding hydrogens is 286 g/mol. The second-order valence-electron chi connectivity index (χ2n) is 5.43. The first-order valence-electron chi connectivity index (χ1n) is 7.37. The lowest BCUT2D eigenvalue weighted by atomic mass is 10.3. The zero-order valence-corrected chi connectivity index (χ0v) is 14.0. The summed E-state index contributed by atoms with van der Waals surface area (Å²) in [7, 11) is -1.16. The fourth-order valence-corrected chi connectivity index (χ4v) is 2.90. The Labute approximate surface area is 128 Å². The van der Waals surface area contributed by atoms with Crippen LogP contribution in [0.1, 0.15) is 20.3 Å². The Morgan fingerprint density at radius 1 is 1.14 bits per heavy atom. The maximum atomic E-state index is 11.8. The first-order chi connectivity index (χ1) is 9.91. The Balaban J connectivity index is 2.21. The van der Waals surface area contributed by atoms with E-state index in [-0.39, 0.29) is 5.75 Å². The van der Waals surface area contributed by atoms with Gasteiger partial charge in [0.1, 0.15) is 0 Å². The van der Waals surface area contributed by atoms with Crippen LogP contribution in [0.4, 0.5) is 5.69 Å². The molecule has 0 atom stereocenters. The molecule has 1 aromatic rings. The lowest BCUT2D eigenvalue weighted by Crippen LogP contribution is -2.35. The van der Waals surface area contributed by atoms with Gasteiger partial charge in [-0.2, -0.15) is 0 Å². The molecule has 1 rings (SSSR count). The average Bonchev–Trinajstić information content (AvgIpc) is 2.43. The molecule has 0 bridgehead atoms. The van der Waals surface area contributed by atoms with Crippen molar-refractivity contribution in [2.24, 2.45) is 0 Å². The fraction of sp³-hybridized carbons (Fsp3) is 0.600. The Morgan fingerprint density at radius 3 is 2.43 bits per heavy atom. The van der Waals surface area contributed by atoms with E-state index in [9.17, 15) is 8.42 Å².